The van der Waals surface area contributed by atoms with Crippen molar-refractivity contribution in [1.29, 1.82) is 0 Å². The first-order valence-corrected chi connectivity index (χ1v) is 22.1. The highest BCUT2D eigenvalue weighted by Gasteiger charge is 2.31. The van der Waals surface area contributed by atoms with Gasteiger partial charge in [0.15, 0.2) is 0 Å². The van der Waals surface area contributed by atoms with Gasteiger partial charge in [-0.15, -0.1) is 0 Å². The lowest BCUT2D eigenvalue weighted by atomic mass is 9.84. The van der Waals surface area contributed by atoms with Gasteiger partial charge in [0.1, 0.15) is 18.2 Å². The molecule has 0 saturated heterocycles. The number of hydrogen-bond donors (Lipinski definition) is 3. The van der Waals surface area contributed by atoms with E-state index in [1.165, 1.54) is 6.07 Å². The Bertz CT molecular complexity index is 1820. The third-order valence-electron chi connectivity index (χ3n) is 8.84. The van der Waals surface area contributed by atoms with E-state index in [-0.39, 0.29) is 50.1 Å². The molecule has 0 saturated carbocycles. The summed E-state index contributed by atoms with van der Waals surface area (Å²) in [4.78, 5) is 38.3. The predicted octanol–water partition coefficient (Wildman–Crippen LogP) is 8.23. The molecule has 290 valence electrons. The average Bonchev–Trinajstić information content (AvgIpc) is 3.52. The first kappa shape index (κ1) is 41.9. The molecular weight excluding hydrogens is 707 g/mol. The number of nitrogens with one attached hydrogen (secondary N) is 3. The highest BCUT2D eigenvalue weighted by Crippen LogP contribution is 2.37. The zero-order chi connectivity index (χ0) is 39.3. The standard InChI is InChI=1S/C42H54F2N4O5Si/c1-42(2,3)40(37-23-32(35-24-33(43)17-18-36(35)44)28-48(37)27-30-13-9-7-10-14-30)45-25-34(26-46-41(51)52-21-22-54(4,5)6)47-38(49)19-20-39(50)53-29-31-15-11-8-12-16-31/h7-18,23-24,28,34,40,45H,19-22,25-27,29H2,1-6H3,(H,46,51)(H,47,49)/t34-,40+/m1/s1. The summed E-state index contributed by atoms with van der Waals surface area (Å²) >= 11 is 0. The van der Waals surface area contributed by atoms with Gasteiger partial charge in [0.25, 0.3) is 0 Å². The van der Waals surface area contributed by atoms with Crippen LogP contribution in [0.2, 0.25) is 25.7 Å². The zero-order valence-corrected chi connectivity index (χ0v) is 33.2. The lowest BCUT2D eigenvalue weighted by Crippen LogP contribution is -2.50. The molecule has 2 atom stereocenters. The normalized spacial score (nSPS) is 12.8. The monoisotopic (exact) mass is 760 g/mol. The van der Waals surface area contributed by atoms with Crippen molar-refractivity contribution in [3.8, 4) is 11.1 Å². The van der Waals surface area contributed by atoms with Gasteiger partial charge < -0.3 is 30.0 Å². The van der Waals surface area contributed by atoms with Gasteiger partial charge in [0.2, 0.25) is 5.91 Å². The molecule has 2 amide bonds. The molecule has 0 aliphatic heterocycles. The van der Waals surface area contributed by atoms with Crippen LogP contribution in [0.1, 0.15) is 56.5 Å². The fraction of sp³-hybridized carbons (Fsp3) is 0.405. The molecule has 0 bridgehead atoms. The molecule has 0 spiro atoms. The number of aromatic nitrogens is 1. The predicted molar refractivity (Wildman–Crippen MR) is 210 cm³/mol. The van der Waals surface area contributed by atoms with Crippen LogP contribution in [-0.4, -0.2) is 56.3 Å². The Balaban J connectivity index is 1.53. The van der Waals surface area contributed by atoms with Crippen molar-refractivity contribution in [2.75, 3.05) is 19.7 Å². The van der Waals surface area contributed by atoms with E-state index in [1.54, 1.807) is 0 Å². The van der Waals surface area contributed by atoms with E-state index in [0.29, 0.717) is 18.7 Å². The van der Waals surface area contributed by atoms with Crippen molar-refractivity contribution in [3.63, 3.8) is 0 Å². The van der Waals surface area contributed by atoms with Crippen molar-refractivity contribution in [1.82, 2.24) is 20.5 Å². The number of halogens is 2. The Kier molecular flexibility index (Phi) is 15.1. The average molecular weight is 761 g/mol. The van der Waals surface area contributed by atoms with Gasteiger partial charge in [-0.1, -0.05) is 101 Å². The maximum atomic E-state index is 15.0. The molecule has 3 N–H and O–H groups in total. The van der Waals surface area contributed by atoms with Gasteiger partial charge in [-0.05, 0) is 46.9 Å². The van der Waals surface area contributed by atoms with Crippen LogP contribution in [0.5, 0.6) is 0 Å². The van der Waals surface area contributed by atoms with Crippen molar-refractivity contribution < 1.29 is 32.6 Å². The van der Waals surface area contributed by atoms with Gasteiger partial charge in [0.05, 0.1) is 25.1 Å². The first-order chi connectivity index (χ1) is 25.6. The SMILES string of the molecule is CC(C)(C)[C@@H](NC[C@H](CNC(=O)OCC[Si](C)(C)C)NC(=O)CCC(=O)OCc1ccccc1)c1cc(-c2cc(F)ccc2F)cn1Cc1ccccc1. The second-order valence-corrected chi connectivity index (χ2v) is 21.5. The molecule has 4 aromatic rings. The molecule has 4 rings (SSSR count). The number of rotatable bonds is 18. The largest absolute Gasteiger partial charge is 0.461 e. The van der Waals surface area contributed by atoms with Gasteiger partial charge in [-0.2, -0.15) is 0 Å². The van der Waals surface area contributed by atoms with Gasteiger partial charge in [-0.25, -0.2) is 13.6 Å². The van der Waals surface area contributed by atoms with Crippen LogP contribution in [0.15, 0.2) is 91.1 Å². The van der Waals surface area contributed by atoms with Crippen molar-refractivity contribution in [2.45, 2.75) is 84.5 Å². The summed E-state index contributed by atoms with van der Waals surface area (Å²) < 4.78 is 42.2. The molecule has 0 radical (unpaired) electrons. The molecule has 3 aromatic carbocycles. The summed E-state index contributed by atoms with van der Waals surface area (Å²) in [6.07, 6.45) is 1.04. The number of carbonyl (C=O) groups excluding carboxylic acids is 3. The Morgan fingerprint density at radius 3 is 2.15 bits per heavy atom. The van der Waals surface area contributed by atoms with Crippen LogP contribution in [0.4, 0.5) is 13.6 Å². The number of alkyl carbamates (subject to hydrolysis) is 1. The molecular formula is C42H54F2N4O5Si. The van der Waals surface area contributed by atoms with E-state index in [0.717, 1.165) is 35.0 Å². The summed E-state index contributed by atoms with van der Waals surface area (Å²) in [6.45, 7) is 14.0. The lowest BCUT2D eigenvalue weighted by molar-refractivity contribution is -0.146. The summed E-state index contributed by atoms with van der Waals surface area (Å²) in [5.74, 6) is -1.94. The van der Waals surface area contributed by atoms with Crippen LogP contribution in [0.25, 0.3) is 11.1 Å². The van der Waals surface area contributed by atoms with Crippen LogP contribution in [0, 0.1) is 17.0 Å². The van der Waals surface area contributed by atoms with Crippen LogP contribution in [-0.2, 0) is 32.2 Å². The second kappa shape index (κ2) is 19.5. The molecule has 1 aromatic heterocycles. The van der Waals surface area contributed by atoms with Gasteiger partial charge in [-0.3, -0.25) is 9.59 Å². The molecule has 9 nitrogen and oxygen atoms in total. The van der Waals surface area contributed by atoms with Gasteiger partial charge in [0, 0.05) is 57.1 Å². The van der Waals surface area contributed by atoms with E-state index < -0.39 is 43.2 Å². The minimum absolute atomic E-state index is 0.0601. The smallest absolute Gasteiger partial charge is 0.407 e. The number of carbonyl (C=O) groups is 3. The van der Waals surface area contributed by atoms with E-state index in [1.807, 2.05) is 77.5 Å². The molecule has 1 heterocycles. The van der Waals surface area contributed by atoms with Crippen LogP contribution in [0.3, 0.4) is 0 Å². The number of benzene rings is 3. The van der Waals surface area contributed by atoms with E-state index in [4.69, 9.17) is 9.47 Å². The Labute approximate surface area is 318 Å². The Morgan fingerprint density at radius 2 is 1.50 bits per heavy atom. The van der Waals surface area contributed by atoms with Crippen LogP contribution >= 0.6 is 0 Å². The molecule has 0 aliphatic carbocycles. The van der Waals surface area contributed by atoms with E-state index in [2.05, 4.69) is 56.4 Å². The fourth-order valence-electron chi connectivity index (χ4n) is 5.88. The lowest BCUT2D eigenvalue weighted by Gasteiger charge is -2.34. The minimum Gasteiger partial charge on any atom is -0.461 e. The molecule has 0 unspecified atom stereocenters. The summed E-state index contributed by atoms with van der Waals surface area (Å²) in [5, 5.41) is 9.36. The van der Waals surface area contributed by atoms with Crippen molar-refractivity contribution >= 4 is 26.0 Å². The third kappa shape index (κ3) is 13.9. The highest BCUT2D eigenvalue weighted by atomic mass is 28.3. The summed E-state index contributed by atoms with van der Waals surface area (Å²) in [6, 6.07) is 24.3. The molecule has 12 heteroatoms. The molecule has 54 heavy (non-hydrogen) atoms. The van der Waals surface area contributed by atoms with Gasteiger partial charge >= 0.3 is 12.1 Å². The molecule has 0 fully saturated rings. The Morgan fingerprint density at radius 1 is 0.833 bits per heavy atom. The second-order valence-electron chi connectivity index (χ2n) is 15.8. The zero-order valence-electron chi connectivity index (χ0n) is 32.2. The quantitative estimate of drug-likeness (QED) is 0.0697. The first-order valence-electron chi connectivity index (χ1n) is 18.4. The van der Waals surface area contributed by atoms with Crippen molar-refractivity contribution in [2.24, 2.45) is 5.41 Å². The number of amides is 2. The topological polar surface area (TPSA) is 111 Å². The maximum Gasteiger partial charge on any atom is 0.407 e. The number of esters is 1. The van der Waals surface area contributed by atoms with Crippen molar-refractivity contribution in [3.05, 3.63) is 120 Å². The minimum atomic E-state index is -1.42. The molecule has 0 aliphatic rings. The number of nitrogens with zero attached hydrogens (tertiary/aromatic N) is 1. The van der Waals surface area contributed by atoms with E-state index >= 15 is 4.39 Å². The third-order valence-corrected chi connectivity index (χ3v) is 10.5. The Hall–Kier alpha value is -4.81. The number of ether oxygens (including phenoxy) is 2. The fourth-order valence-corrected chi connectivity index (χ4v) is 6.59. The number of hydrogen-bond acceptors (Lipinski definition) is 6. The highest BCUT2D eigenvalue weighted by molar-refractivity contribution is 6.76. The summed E-state index contributed by atoms with van der Waals surface area (Å²) in [5.41, 5.74) is 2.99. The maximum absolute atomic E-state index is 15.0. The van der Waals surface area contributed by atoms with E-state index in [9.17, 15) is 18.8 Å². The van der Waals surface area contributed by atoms with Crippen LogP contribution < -0.4 is 16.0 Å². The summed E-state index contributed by atoms with van der Waals surface area (Å²) in [7, 11) is -1.42.